The van der Waals surface area contributed by atoms with Crippen molar-refractivity contribution in [1.29, 1.82) is 0 Å². The molecular formula is C12H19N3S. The van der Waals surface area contributed by atoms with Crippen molar-refractivity contribution in [3.05, 3.63) is 22.4 Å². The molecule has 1 saturated heterocycles. The van der Waals surface area contributed by atoms with Crippen molar-refractivity contribution in [3.63, 3.8) is 0 Å². The van der Waals surface area contributed by atoms with Crippen LogP contribution < -0.4 is 5.73 Å². The Morgan fingerprint density at radius 2 is 2.56 bits per heavy atom. The van der Waals surface area contributed by atoms with Gasteiger partial charge in [0, 0.05) is 18.0 Å². The first-order chi connectivity index (χ1) is 7.75. The van der Waals surface area contributed by atoms with Crippen molar-refractivity contribution in [1.82, 2.24) is 4.90 Å². The molecule has 1 fully saturated rings. The van der Waals surface area contributed by atoms with Gasteiger partial charge in [0.1, 0.15) is 0 Å². The van der Waals surface area contributed by atoms with Crippen LogP contribution in [0.4, 0.5) is 0 Å². The van der Waals surface area contributed by atoms with Gasteiger partial charge in [0.2, 0.25) is 0 Å². The molecule has 0 bridgehead atoms. The highest BCUT2D eigenvalue weighted by atomic mass is 32.1. The van der Waals surface area contributed by atoms with Gasteiger partial charge in [-0.25, -0.2) is 4.99 Å². The smallest absolute Gasteiger partial charge is 0.191 e. The predicted molar refractivity (Wildman–Crippen MR) is 69.6 cm³/mol. The van der Waals surface area contributed by atoms with E-state index in [1.165, 1.54) is 17.7 Å². The minimum atomic E-state index is 0.708. The standard InChI is InChI=1S/C12H19N3S/c1-10-4-2-6-15(9-10)12(13)14-8-11-5-3-7-16-11/h3,5,7,10H,2,4,6,8-9H2,1H3,(H2,13,14). The second-order valence-corrected chi connectivity index (χ2v) is 5.48. The van der Waals surface area contributed by atoms with Crippen molar-refractivity contribution in [2.75, 3.05) is 13.1 Å². The highest BCUT2D eigenvalue weighted by Crippen LogP contribution is 2.15. The highest BCUT2D eigenvalue weighted by Gasteiger charge is 2.17. The lowest BCUT2D eigenvalue weighted by Gasteiger charge is -2.31. The number of rotatable bonds is 2. The lowest BCUT2D eigenvalue weighted by molar-refractivity contribution is 0.270. The van der Waals surface area contributed by atoms with Gasteiger partial charge in [-0.2, -0.15) is 0 Å². The third-order valence-corrected chi connectivity index (χ3v) is 3.82. The van der Waals surface area contributed by atoms with Crippen LogP contribution in [0.1, 0.15) is 24.6 Å². The maximum absolute atomic E-state index is 6.01. The lowest BCUT2D eigenvalue weighted by atomic mass is 10.0. The van der Waals surface area contributed by atoms with Crippen molar-refractivity contribution < 1.29 is 0 Å². The van der Waals surface area contributed by atoms with Gasteiger partial charge in [-0.05, 0) is 30.2 Å². The molecule has 0 aliphatic carbocycles. The fourth-order valence-corrected chi connectivity index (χ4v) is 2.69. The minimum absolute atomic E-state index is 0.708. The second kappa shape index (κ2) is 5.34. The summed E-state index contributed by atoms with van der Waals surface area (Å²) in [7, 11) is 0. The van der Waals surface area contributed by atoms with E-state index in [1.54, 1.807) is 11.3 Å². The lowest BCUT2D eigenvalue weighted by Crippen LogP contribution is -2.43. The van der Waals surface area contributed by atoms with Crippen molar-refractivity contribution in [3.8, 4) is 0 Å². The topological polar surface area (TPSA) is 41.6 Å². The van der Waals surface area contributed by atoms with Gasteiger partial charge in [0.05, 0.1) is 6.54 Å². The molecule has 0 saturated carbocycles. The van der Waals surface area contributed by atoms with E-state index < -0.39 is 0 Å². The van der Waals surface area contributed by atoms with Gasteiger partial charge in [-0.15, -0.1) is 11.3 Å². The van der Waals surface area contributed by atoms with E-state index in [9.17, 15) is 0 Å². The quantitative estimate of drug-likeness (QED) is 0.633. The van der Waals surface area contributed by atoms with Gasteiger partial charge < -0.3 is 10.6 Å². The molecule has 16 heavy (non-hydrogen) atoms. The molecule has 1 aliphatic heterocycles. The summed E-state index contributed by atoms with van der Waals surface area (Å²) in [6.45, 7) is 5.11. The Bertz CT molecular complexity index is 345. The van der Waals surface area contributed by atoms with Crippen LogP contribution in [0.2, 0.25) is 0 Å². The normalized spacial score (nSPS) is 22.4. The van der Waals surface area contributed by atoms with Crippen LogP contribution >= 0.6 is 11.3 Å². The average molecular weight is 237 g/mol. The van der Waals surface area contributed by atoms with E-state index in [4.69, 9.17) is 5.73 Å². The summed E-state index contributed by atoms with van der Waals surface area (Å²) in [4.78, 5) is 7.94. The molecule has 1 unspecified atom stereocenters. The fraction of sp³-hybridized carbons (Fsp3) is 0.583. The molecule has 3 nitrogen and oxygen atoms in total. The van der Waals surface area contributed by atoms with Gasteiger partial charge in [0.25, 0.3) is 0 Å². The molecule has 0 spiro atoms. The zero-order valence-corrected chi connectivity index (χ0v) is 10.5. The van der Waals surface area contributed by atoms with Crippen LogP contribution in [0.5, 0.6) is 0 Å². The van der Waals surface area contributed by atoms with Crippen molar-refractivity contribution in [2.24, 2.45) is 16.6 Å². The van der Waals surface area contributed by atoms with Crippen molar-refractivity contribution in [2.45, 2.75) is 26.3 Å². The summed E-state index contributed by atoms with van der Waals surface area (Å²) in [6.07, 6.45) is 2.55. The largest absolute Gasteiger partial charge is 0.370 e. The Morgan fingerprint density at radius 3 is 3.25 bits per heavy atom. The average Bonchev–Trinajstić information content (AvgIpc) is 2.78. The van der Waals surface area contributed by atoms with Gasteiger partial charge >= 0.3 is 0 Å². The predicted octanol–water partition coefficient (Wildman–Crippen LogP) is 2.29. The maximum atomic E-state index is 6.01. The summed E-state index contributed by atoms with van der Waals surface area (Å²) in [6, 6.07) is 4.15. The van der Waals surface area contributed by atoms with Crippen LogP contribution in [0, 0.1) is 5.92 Å². The Kier molecular flexibility index (Phi) is 3.83. The maximum Gasteiger partial charge on any atom is 0.191 e. The molecule has 1 aromatic rings. The number of piperidine rings is 1. The molecule has 88 valence electrons. The molecule has 0 aromatic carbocycles. The first-order valence-corrected chi connectivity index (χ1v) is 6.71. The van der Waals surface area contributed by atoms with E-state index in [0.717, 1.165) is 19.0 Å². The number of thiophene rings is 1. The third-order valence-electron chi connectivity index (χ3n) is 2.96. The molecule has 2 rings (SSSR count). The second-order valence-electron chi connectivity index (χ2n) is 4.45. The van der Waals surface area contributed by atoms with E-state index in [2.05, 4.69) is 34.3 Å². The third kappa shape index (κ3) is 2.98. The van der Waals surface area contributed by atoms with Crippen LogP contribution in [0.15, 0.2) is 22.5 Å². The number of nitrogens with two attached hydrogens (primary N) is 1. The molecule has 1 atom stereocenters. The van der Waals surface area contributed by atoms with Crippen LogP contribution in [0.3, 0.4) is 0 Å². The van der Waals surface area contributed by atoms with Gasteiger partial charge in [-0.3, -0.25) is 0 Å². The molecule has 0 amide bonds. The van der Waals surface area contributed by atoms with Crippen LogP contribution in [-0.4, -0.2) is 23.9 Å². The van der Waals surface area contributed by atoms with E-state index >= 15 is 0 Å². The molecule has 1 aliphatic rings. The molecule has 0 radical (unpaired) electrons. The number of likely N-dealkylation sites (tertiary alicyclic amines) is 1. The van der Waals surface area contributed by atoms with Gasteiger partial charge in [-0.1, -0.05) is 13.0 Å². The van der Waals surface area contributed by atoms with E-state index in [-0.39, 0.29) is 0 Å². The molecule has 1 aromatic heterocycles. The Hall–Kier alpha value is -1.03. The summed E-state index contributed by atoms with van der Waals surface area (Å²) in [5.74, 6) is 1.45. The fourth-order valence-electron chi connectivity index (χ4n) is 2.06. The Labute approximate surface area is 101 Å². The number of hydrogen-bond acceptors (Lipinski definition) is 2. The SMILES string of the molecule is CC1CCCN(C(N)=NCc2cccs2)C1. The zero-order chi connectivity index (χ0) is 11.4. The molecule has 4 heteroatoms. The first-order valence-electron chi connectivity index (χ1n) is 5.83. The molecule has 2 N–H and O–H groups in total. The van der Waals surface area contributed by atoms with Gasteiger partial charge in [0.15, 0.2) is 5.96 Å². The van der Waals surface area contributed by atoms with Crippen molar-refractivity contribution >= 4 is 17.3 Å². The monoisotopic (exact) mass is 237 g/mol. The number of aliphatic imine (C=N–C) groups is 1. The summed E-state index contributed by atoms with van der Waals surface area (Å²) >= 11 is 1.73. The van der Waals surface area contributed by atoms with E-state index in [1.807, 2.05) is 0 Å². The first kappa shape index (κ1) is 11.5. The number of guanidine groups is 1. The summed E-state index contributed by atoms with van der Waals surface area (Å²) in [5.41, 5.74) is 6.01. The van der Waals surface area contributed by atoms with E-state index in [0.29, 0.717) is 12.5 Å². The molecule has 2 heterocycles. The number of nitrogens with zero attached hydrogens (tertiary/aromatic N) is 2. The Morgan fingerprint density at radius 1 is 1.69 bits per heavy atom. The highest BCUT2D eigenvalue weighted by molar-refractivity contribution is 7.09. The summed E-state index contributed by atoms with van der Waals surface area (Å²) < 4.78 is 0. The zero-order valence-electron chi connectivity index (χ0n) is 9.72. The van der Waals surface area contributed by atoms with Crippen LogP contribution in [0.25, 0.3) is 0 Å². The number of hydrogen-bond donors (Lipinski definition) is 1. The Balaban J connectivity index is 1.90. The molecular weight excluding hydrogens is 218 g/mol. The minimum Gasteiger partial charge on any atom is -0.370 e. The van der Waals surface area contributed by atoms with Crippen LogP contribution in [-0.2, 0) is 6.54 Å². The summed E-state index contributed by atoms with van der Waals surface area (Å²) in [5, 5.41) is 2.07.